The Morgan fingerprint density at radius 2 is 2.07 bits per heavy atom. The van der Waals surface area contributed by atoms with Crippen LogP contribution in [0.15, 0.2) is 30.7 Å². The molecule has 15 heavy (non-hydrogen) atoms. The van der Waals surface area contributed by atoms with Gasteiger partial charge < -0.3 is 5.73 Å². The van der Waals surface area contributed by atoms with Crippen LogP contribution in [0.5, 0.6) is 0 Å². The summed E-state index contributed by atoms with van der Waals surface area (Å²) >= 11 is 0. The van der Waals surface area contributed by atoms with Crippen LogP contribution in [0.1, 0.15) is 25.3 Å². The lowest BCUT2D eigenvalue weighted by molar-refractivity contribution is 0.839. The number of hydrogen-bond acceptors (Lipinski definition) is 3. The van der Waals surface area contributed by atoms with E-state index in [2.05, 4.69) is 23.9 Å². The van der Waals surface area contributed by atoms with Crippen molar-refractivity contribution in [2.75, 3.05) is 5.73 Å². The average molecular weight is 202 g/mol. The van der Waals surface area contributed by atoms with E-state index in [-0.39, 0.29) is 0 Å². The number of nitrogens with two attached hydrogens (primary N) is 1. The molecule has 0 unspecified atom stereocenters. The number of anilines is 1. The van der Waals surface area contributed by atoms with E-state index in [0.717, 1.165) is 5.82 Å². The molecule has 2 N–H and O–H groups in total. The molecule has 4 nitrogen and oxygen atoms in total. The van der Waals surface area contributed by atoms with Gasteiger partial charge in [-0.05, 0) is 23.6 Å². The first-order valence-electron chi connectivity index (χ1n) is 4.93. The Hall–Kier alpha value is -1.84. The summed E-state index contributed by atoms with van der Waals surface area (Å²) in [4.78, 5) is 4.20. The molecule has 0 bridgehead atoms. The zero-order valence-electron chi connectivity index (χ0n) is 8.88. The van der Waals surface area contributed by atoms with E-state index in [9.17, 15) is 0 Å². The Balaban J connectivity index is 2.33. The second-order valence-corrected chi connectivity index (χ2v) is 3.82. The van der Waals surface area contributed by atoms with Crippen LogP contribution in [-0.2, 0) is 0 Å². The largest absolute Gasteiger partial charge is 0.397 e. The average Bonchev–Trinajstić information content (AvgIpc) is 2.68. The predicted octanol–water partition coefficient (Wildman–Crippen LogP) is 1.97. The zero-order chi connectivity index (χ0) is 10.8. The maximum absolute atomic E-state index is 5.57. The second kappa shape index (κ2) is 3.73. The van der Waals surface area contributed by atoms with Gasteiger partial charge in [0.1, 0.15) is 0 Å². The van der Waals surface area contributed by atoms with Crippen molar-refractivity contribution >= 4 is 5.69 Å². The van der Waals surface area contributed by atoms with Crippen molar-refractivity contribution in [2.24, 2.45) is 0 Å². The number of hydrogen-bond donors (Lipinski definition) is 1. The third kappa shape index (κ3) is 1.98. The SMILES string of the molecule is CC(C)c1cnn(-c2ccc(N)cn2)c1. The lowest BCUT2D eigenvalue weighted by Gasteiger charge is -2.00. The van der Waals surface area contributed by atoms with Gasteiger partial charge in [0, 0.05) is 6.20 Å². The number of aromatic nitrogens is 3. The van der Waals surface area contributed by atoms with Crippen molar-refractivity contribution in [1.82, 2.24) is 14.8 Å². The third-order valence-electron chi connectivity index (χ3n) is 2.27. The van der Waals surface area contributed by atoms with Gasteiger partial charge in [-0.15, -0.1) is 0 Å². The topological polar surface area (TPSA) is 56.7 Å². The highest BCUT2D eigenvalue weighted by atomic mass is 15.3. The van der Waals surface area contributed by atoms with Crippen LogP contribution in [0.4, 0.5) is 5.69 Å². The summed E-state index contributed by atoms with van der Waals surface area (Å²) in [6, 6.07) is 3.67. The summed E-state index contributed by atoms with van der Waals surface area (Å²) in [5.74, 6) is 1.27. The Morgan fingerprint density at radius 1 is 1.27 bits per heavy atom. The van der Waals surface area contributed by atoms with Gasteiger partial charge in [-0.1, -0.05) is 13.8 Å². The van der Waals surface area contributed by atoms with Crippen molar-refractivity contribution < 1.29 is 0 Å². The molecule has 0 aliphatic heterocycles. The van der Waals surface area contributed by atoms with Crippen LogP contribution in [-0.4, -0.2) is 14.8 Å². The monoisotopic (exact) mass is 202 g/mol. The fourth-order valence-corrected chi connectivity index (χ4v) is 1.29. The molecule has 0 aliphatic rings. The molecule has 0 spiro atoms. The number of nitrogens with zero attached hydrogens (tertiary/aromatic N) is 3. The van der Waals surface area contributed by atoms with Crippen molar-refractivity contribution in [3.8, 4) is 5.82 Å². The minimum absolute atomic E-state index is 0.479. The first-order chi connectivity index (χ1) is 7.16. The number of rotatable bonds is 2. The summed E-state index contributed by atoms with van der Waals surface area (Å²) in [5, 5.41) is 4.25. The Morgan fingerprint density at radius 3 is 2.60 bits per heavy atom. The smallest absolute Gasteiger partial charge is 0.153 e. The number of nitrogen functional groups attached to an aromatic ring is 1. The van der Waals surface area contributed by atoms with Gasteiger partial charge in [-0.2, -0.15) is 5.10 Å². The predicted molar refractivity (Wildman–Crippen MR) is 59.9 cm³/mol. The van der Waals surface area contributed by atoms with Gasteiger partial charge in [0.25, 0.3) is 0 Å². The van der Waals surface area contributed by atoms with Crippen LogP contribution < -0.4 is 5.73 Å². The molecule has 2 aromatic heterocycles. The van der Waals surface area contributed by atoms with E-state index in [1.54, 1.807) is 10.9 Å². The van der Waals surface area contributed by atoms with Gasteiger partial charge in [-0.3, -0.25) is 0 Å². The first kappa shape index (κ1) is 9.71. The molecule has 0 saturated carbocycles. The van der Waals surface area contributed by atoms with Crippen molar-refractivity contribution in [1.29, 1.82) is 0 Å². The molecule has 0 aromatic carbocycles. The highest BCUT2D eigenvalue weighted by Gasteiger charge is 2.04. The zero-order valence-corrected chi connectivity index (χ0v) is 8.88. The van der Waals surface area contributed by atoms with Crippen LogP contribution in [0.2, 0.25) is 0 Å². The quantitative estimate of drug-likeness (QED) is 0.810. The molecule has 0 fully saturated rings. The molecule has 4 heteroatoms. The van der Waals surface area contributed by atoms with Gasteiger partial charge in [0.15, 0.2) is 5.82 Å². The van der Waals surface area contributed by atoms with E-state index in [1.807, 2.05) is 24.5 Å². The number of pyridine rings is 1. The molecule has 2 rings (SSSR count). The van der Waals surface area contributed by atoms with Gasteiger partial charge >= 0.3 is 0 Å². The summed E-state index contributed by atoms with van der Waals surface area (Å²) in [5.41, 5.74) is 7.43. The third-order valence-corrected chi connectivity index (χ3v) is 2.27. The van der Waals surface area contributed by atoms with Gasteiger partial charge in [0.05, 0.1) is 18.1 Å². The normalized spacial score (nSPS) is 10.9. The molecule has 78 valence electrons. The summed E-state index contributed by atoms with van der Waals surface area (Å²) in [7, 11) is 0. The Kier molecular flexibility index (Phi) is 2.41. The van der Waals surface area contributed by atoms with Crippen molar-refractivity contribution in [2.45, 2.75) is 19.8 Å². The van der Waals surface area contributed by atoms with Crippen LogP contribution in [0.3, 0.4) is 0 Å². The second-order valence-electron chi connectivity index (χ2n) is 3.82. The van der Waals surface area contributed by atoms with E-state index in [0.29, 0.717) is 11.6 Å². The van der Waals surface area contributed by atoms with Gasteiger partial charge in [0.2, 0.25) is 0 Å². The minimum Gasteiger partial charge on any atom is -0.397 e. The Labute approximate surface area is 88.8 Å². The molecule has 0 aliphatic carbocycles. The standard InChI is InChI=1S/C11H14N4/c1-8(2)9-5-14-15(7-9)11-4-3-10(12)6-13-11/h3-8H,12H2,1-2H3. The van der Waals surface area contributed by atoms with Crippen LogP contribution in [0, 0.1) is 0 Å². The molecule has 2 aromatic rings. The first-order valence-corrected chi connectivity index (χ1v) is 4.93. The molecule has 2 heterocycles. The molecule has 0 saturated heterocycles. The maximum atomic E-state index is 5.57. The van der Waals surface area contributed by atoms with Gasteiger partial charge in [-0.25, -0.2) is 9.67 Å². The summed E-state index contributed by atoms with van der Waals surface area (Å²) in [6.07, 6.45) is 5.48. The molecular weight excluding hydrogens is 188 g/mol. The highest BCUT2D eigenvalue weighted by Crippen LogP contribution is 2.14. The molecular formula is C11H14N4. The maximum Gasteiger partial charge on any atom is 0.153 e. The Bertz CT molecular complexity index is 442. The summed E-state index contributed by atoms with van der Waals surface area (Å²) < 4.78 is 1.76. The molecule has 0 amide bonds. The van der Waals surface area contributed by atoms with E-state index < -0.39 is 0 Å². The fraction of sp³-hybridized carbons (Fsp3) is 0.273. The van der Waals surface area contributed by atoms with Crippen molar-refractivity contribution in [3.05, 3.63) is 36.3 Å². The summed E-state index contributed by atoms with van der Waals surface area (Å²) in [6.45, 7) is 4.27. The van der Waals surface area contributed by atoms with Crippen molar-refractivity contribution in [3.63, 3.8) is 0 Å². The lowest BCUT2D eigenvalue weighted by Crippen LogP contribution is -1.98. The van der Waals surface area contributed by atoms with Crippen LogP contribution >= 0.6 is 0 Å². The molecule has 0 atom stereocenters. The highest BCUT2D eigenvalue weighted by molar-refractivity contribution is 5.38. The van der Waals surface area contributed by atoms with E-state index in [4.69, 9.17) is 5.73 Å². The van der Waals surface area contributed by atoms with Crippen LogP contribution in [0.25, 0.3) is 5.82 Å². The minimum atomic E-state index is 0.479. The fourth-order valence-electron chi connectivity index (χ4n) is 1.29. The lowest BCUT2D eigenvalue weighted by atomic mass is 10.1. The van der Waals surface area contributed by atoms with E-state index in [1.165, 1.54) is 5.56 Å². The van der Waals surface area contributed by atoms with E-state index >= 15 is 0 Å². The molecule has 0 radical (unpaired) electrons.